The molecule has 1 amide bonds. The van der Waals surface area contributed by atoms with Crippen molar-refractivity contribution in [1.29, 1.82) is 0 Å². The van der Waals surface area contributed by atoms with E-state index in [0.717, 1.165) is 4.68 Å². The van der Waals surface area contributed by atoms with Crippen LogP contribution in [0, 0.1) is 0 Å². The minimum absolute atomic E-state index is 0.0975. The summed E-state index contributed by atoms with van der Waals surface area (Å²) >= 11 is 0. The summed E-state index contributed by atoms with van der Waals surface area (Å²) in [6, 6.07) is 3.32. The zero-order chi connectivity index (χ0) is 23.6. The first-order valence-corrected chi connectivity index (χ1v) is 9.70. The topological polar surface area (TPSA) is 137 Å². The summed E-state index contributed by atoms with van der Waals surface area (Å²) in [7, 11) is 1.47. The van der Waals surface area contributed by atoms with E-state index in [-0.39, 0.29) is 28.9 Å². The summed E-state index contributed by atoms with van der Waals surface area (Å²) in [5, 5.41) is 10.3. The average molecular weight is 440 g/mol. The first-order valence-electron chi connectivity index (χ1n) is 9.70. The van der Waals surface area contributed by atoms with Crippen molar-refractivity contribution in [2.24, 2.45) is 0 Å². The van der Waals surface area contributed by atoms with Crippen molar-refractivity contribution in [2.75, 3.05) is 17.7 Å². The molecular weight excluding hydrogens is 416 g/mol. The Morgan fingerprint density at radius 3 is 2.34 bits per heavy atom. The molecule has 0 aliphatic heterocycles. The summed E-state index contributed by atoms with van der Waals surface area (Å²) in [4.78, 5) is 44.4. The van der Waals surface area contributed by atoms with E-state index in [1.54, 1.807) is 32.9 Å². The van der Waals surface area contributed by atoms with E-state index in [1.165, 1.54) is 33.5 Å². The molecule has 0 atom stereocenters. The largest absolute Gasteiger partial charge is 0.494 e. The summed E-state index contributed by atoms with van der Waals surface area (Å²) in [6.07, 6.45) is 2.12. The molecule has 0 aliphatic carbocycles. The standard InChI is InChI=1S/C21H24N6O5/c1-11(28)17-18(25-12(2)29)22-10-23-19(17)26-14-7-13-9-24-27(15(13)8-16(14)31-6)20(30)32-21(3,4)5/h7-10H,1-6H3,(H2,22,23,25,26,29). The molecule has 0 spiro atoms. The van der Waals surface area contributed by atoms with E-state index in [1.807, 2.05) is 0 Å². The lowest BCUT2D eigenvalue weighted by Gasteiger charge is -2.19. The Balaban J connectivity index is 2.05. The molecule has 1 aromatic carbocycles. The van der Waals surface area contributed by atoms with Gasteiger partial charge in [0.25, 0.3) is 0 Å². The summed E-state index contributed by atoms with van der Waals surface area (Å²) < 4.78 is 12.0. The van der Waals surface area contributed by atoms with Crippen LogP contribution in [0.4, 0.5) is 22.1 Å². The molecule has 0 unspecified atom stereocenters. The number of hydrogen-bond donors (Lipinski definition) is 2. The molecule has 2 N–H and O–H groups in total. The molecular formula is C21H24N6O5. The Kier molecular flexibility index (Phi) is 6.10. The van der Waals surface area contributed by atoms with Crippen LogP contribution >= 0.6 is 0 Å². The minimum atomic E-state index is -0.678. The SMILES string of the molecule is COc1cc2c(cnn2C(=O)OC(C)(C)C)cc1Nc1ncnc(NC(C)=O)c1C(C)=O. The van der Waals surface area contributed by atoms with Gasteiger partial charge in [-0.25, -0.2) is 14.8 Å². The number of anilines is 3. The van der Waals surface area contributed by atoms with E-state index < -0.39 is 11.7 Å². The molecule has 0 aliphatic rings. The number of nitrogens with zero attached hydrogens (tertiary/aromatic N) is 4. The van der Waals surface area contributed by atoms with Crippen LogP contribution < -0.4 is 15.4 Å². The van der Waals surface area contributed by atoms with E-state index in [0.29, 0.717) is 22.3 Å². The Labute approximate surface area is 184 Å². The minimum Gasteiger partial charge on any atom is -0.494 e. The second-order valence-corrected chi connectivity index (χ2v) is 7.96. The maximum absolute atomic E-state index is 12.5. The highest BCUT2D eigenvalue weighted by Crippen LogP contribution is 2.34. The molecule has 32 heavy (non-hydrogen) atoms. The average Bonchev–Trinajstić information content (AvgIpc) is 3.08. The predicted octanol–water partition coefficient (Wildman–Crippen LogP) is 3.52. The molecule has 3 rings (SSSR count). The Hall–Kier alpha value is -4.02. The number of carbonyl (C=O) groups excluding carboxylic acids is 3. The van der Waals surface area contributed by atoms with Crippen LogP contribution in [0.5, 0.6) is 5.75 Å². The molecule has 0 fully saturated rings. The van der Waals surface area contributed by atoms with Gasteiger partial charge in [0.15, 0.2) is 5.78 Å². The van der Waals surface area contributed by atoms with Gasteiger partial charge in [-0.3, -0.25) is 9.59 Å². The number of amides is 1. The van der Waals surface area contributed by atoms with Crippen molar-refractivity contribution in [3.63, 3.8) is 0 Å². The van der Waals surface area contributed by atoms with Crippen molar-refractivity contribution in [1.82, 2.24) is 19.7 Å². The Morgan fingerprint density at radius 1 is 1.06 bits per heavy atom. The third-order valence-corrected chi connectivity index (χ3v) is 4.20. The van der Waals surface area contributed by atoms with Crippen molar-refractivity contribution < 1.29 is 23.9 Å². The van der Waals surface area contributed by atoms with Gasteiger partial charge in [-0.1, -0.05) is 0 Å². The maximum Gasteiger partial charge on any atom is 0.435 e. The van der Waals surface area contributed by atoms with Crippen molar-refractivity contribution in [3.8, 4) is 5.75 Å². The highest BCUT2D eigenvalue weighted by Gasteiger charge is 2.22. The number of ether oxygens (including phenoxy) is 2. The lowest BCUT2D eigenvalue weighted by Crippen LogP contribution is -2.27. The van der Waals surface area contributed by atoms with Crippen LogP contribution in [-0.4, -0.2) is 50.2 Å². The highest BCUT2D eigenvalue weighted by atomic mass is 16.6. The van der Waals surface area contributed by atoms with Crippen LogP contribution in [0.2, 0.25) is 0 Å². The maximum atomic E-state index is 12.5. The fourth-order valence-electron chi connectivity index (χ4n) is 2.97. The summed E-state index contributed by atoms with van der Waals surface area (Å²) in [6.45, 7) is 7.97. The number of fused-ring (bicyclic) bond motifs is 1. The number of hydrogen-bond acceptors (Lipinski definition) is 9. The van der Waals surface area contributed by atoms with Crippen LogP contribution in [0.3, 0.4) is 0 Å². The zero-order valence-corrected chi connectivity index (χ0v) is 18.6. The van der Waals surface area contributed by atoms with Crippen molar-refractivity contribution in [3.05, 3.63) is 30.2 Å². The molecule has 0 radical (unpaired) electrons. The van der Waals surface area contributed by atoms with E-state index in [9.17, 15) is 14.4 Å². The number of nitrogens with one attached hydrogen (secondary N) is 2. The molecule has 168 valence electrons. The van der Waals surface area contributed by atoms with Gasteiger partial charge in [-0.15, -0.1) is 0 Å². The number of aromatic nitrogens is 4. The van der Waals surface area contributed by atoms with Gasteiger partial charge in [0.2, 0.25) is 5.91 Å². The Bertz CT molecular complexity index is 1210. The van der Waals surface area contributed by atoms with Crippen LogP contribution in [0.25, 0.3) is 10.9 Å². The first-order chi connectivity index (χ1) is 15.0. The molecule has 11 heteroatoms. The summed E-state index contributed by atoms with van der Waals surface area (Å²) in [5.74, 6) is -0.0499. The van der Waals surface area contributed by atoms with E-state index >= 15 is 0 Å². The van der Waals surface area contributed by atoms with Gasteiger partial charge in [0.1, 0.15) is 34.9 Å². The van der Waals surface area contributed by atoms with Gasteiger partial charge in [-0.2, -0.15) is 9.78 Å². The van der Waals surface area contributed by atoms with Gasteiger partial charge in [0, 0.05) is 18.4 Å². The quantitative estimate of drug-likeness (QED) is 0.571. The third-order valence-electron chi connectivity index (χ3n) is 4.20. The van der Waals surface area contributed by atoms with E-state index in [4.69, 9.17) is 9.47 Å². The summed E-state index contributed by atoms with van der Waals surface area (Å²) in [5.41, 5.74) is 0.394. The lowest BCUT2D eigenvalue weighted by atomic mass is 10.1. The molecule has 2 aromatic heterocycles. The van der Waals surface area contributed by atoms with Crippen LogP contribution in [0.1, 0.15) is 45.0 Å². The highest BCUT2D eigenvalue weighted by molar-refractivity contribution is 6.06. The first kappa shape index (κ1) is 22.7. The van der Waals surface area contributed by atoms with Gasteiger partial charge in [-0.05, 0) is 33.8 Å². The van der Waals surface area contributed by atoms with Gasteiger partial charge in [0.05, 0.1) is 24.5 Å². The van der Waals surface area contributed by atoms with Gasteiger partial charge < -0.3 is 20.1 Å². The third kappa shape index (κ3) is 4.82. The number of rotatable bonds is 5. The molecule has 0 saturated heterocycles. The molecule has 11 nitrogen and oxygen atoms in total. The monoisotopic (exact) mass is 440 g/mol. The predicted molar refractivity (Wildman–Crippen MR) is 118 cm³/mol. The number of carbonyl (C=O) groups is 3. The van der Waals surface area contributed by atoms with Crippen molar-refractivity contribution in [2.45, 2.75) is 40.2 Å². The van der Waals surface area contributed by atoms with Gasteiger partial charge >= 0.3 is 6.09 Å². The van der Waals surface area contributed by atoms with E-state index in [2.05, 4.69) is 25.7 Å². The molecule has 3 aromatic rings. The number of methoxy groups -OCH3 is 1. The molecule has 0 saturated carbocycles. The number of benzene rings is 1. The fourth-order valence-corrected chi connectivity index (χ4v) is 2.97. The fraction of sp³-hybridized carbons (Fsp3) is 0.333. The zero-order valence-electron chi connectivity index (χ0n) is 18.6. The van der Waals surface area contributed by atoms with Crippen molar-refractivity contribution >= 4 is 46.0 Å². The Morgan fingerprint density at radius 2 is 1.75 bits per heavy atom. The molecule has 2 heterocycles. The van der Waals surface area contributed by atoms with Crippen LogP contribution in [0.15, 0.2) is 24.7 Å². The van der Waals surface area contributed by atoms with Crippen LogP contribution in [-0.2, 0) is 9.53 Å². The number of Topliss-reactive ketones (excluding diaryl/α,β-unsaturated/α-hetero) is 1. The molecule has 0 bridgehead atoms. The lowest BCUT2D eigenvalue weighted by molar-refractivity contribution is -0.114. The second-order valence-electron chi connectivity index (χ2n) is 7.96. The second kappa shape index (κ2) is 8.61. The smallest absolute Gasteiger partial charge is 0.435 e. The number of ketones is 1. The normalized spacial score (nSPS) is 11.2.